The molecule has 19 heavy (non-hydrogen) atoms. The van der Waals surface area contributed by atoms with Crippen LogP contribution in [0, 0.1) is 0 Å². The standard InChI is InChI=1S/C11H15NO6S/c1-11(4-6-17-7-5-11)12-19(15,16)9-3-2-8(18-9)10(13)14/h2-3,12H,4-7H2,1H3,(H,13,14). The first-order chi connectivity index (χ1) is 8.82. The first-order valence-electron chi connectivity index (χ1n) is 5.77. The molecule has 1 aliphatic rings. The molecular formula is C11H15NO6S. The first kappa shape index (κ1) is 14.0. The summed E-state index contributed by atoms with van der Waals surface area (Å²) >= 11 is 0. The normalized spacial score (nSPS) is 19.2. The predicted molar refractivity (Wildman–Crippen MR) is 64.4 cm³/mol. The van der Waals surface area contributed by atoms with E-state index in [1.165, 1.54) is 0 Å². The fourth-order valence-corrected chi connectivity index (χ4v) is 3.28. The minimum Gasteiger partial charge on any atom is -0.475 e. The molecule has 0 radical (unpaired) electrons. The van der Waals surface area contributed by atoms with Crippen LogP contribution in [-0.2, 0) is 14.8 Å². The number of hydrogen-bond acceptors (Lipinski definition) is 5. The van der Waals surface area contributed by atoms with E-state index >= 15 is 0 Å². The van der Waals surface area contributed by atoms with Crippen molar-refractivity contribution in [1.82, 2.24) is 4.72 Å². The minimum absolute atomic E-state index is 0.391. The Morgan fingerprint density at radius 2 is 2.00 bits per heavy atom. The van der Waals surface area contributed by atoms with Crippen LogP contribution in [0.15, 0.2) is 21.6 Å². The molecule has 7 nitrogen and oxygen atoms in total. The lowest BCUT2D eigenvalue weighted by Gasteiger charge is -2.33. The molecule has 0 bridgehead atoms. The van der Waals surface area contributed by atoms with Crippen LogP contribution < -0.4 is 4.72 Å². The van der Waals surface area contributed by atoms with Crippen molar-refractivity contribution in [2.24, 2.45) is 0 Å². The Labute approximate surface area is 110 Å². The summed E-state index contributed by atoms with van der Waals surface area (Å²) in [6.45, 7) is 2.75. The van der Waals surface area contributed by atoms with E-state index in [1.54, 1.807) is 6.92 Å². The Balaban J connectivity index is 2.19. The highest BCUT2D eigenvalue weighted by molar-refractivity contribution is 7.89. The van der Waals surface area contributed by atoms with Gasteiger partial charge in [-0.2, -0.15) is 0 Å². The second-order valence-electron chi connectivity index (χ2n) is 4.70. The smallest absolute Gasteiger partial charge is 0.371 e. The van der Waals surface area contributed by atoms with Crippen LogP contribution in [0.25, 0.3) is 0 Å². The van der Waals surface area contributed by atoms with Gasteiger partial charge in [-0.3, -0.25) is 0 Å². The number of sulfonamides is 1. The summed E-state index contributed by atoms with van der Waals surface area (Å²) in [5.74, 6) is -1.71. The second-order valence-corrected chi connectivity index (χ2v) is 6.32. The molecule has 1 aromatic rings. The van der Waals surface area contributed by atoms with Crippen LogP contribution in [0.1, 0.15) is 30.3 Å². The highest BCUT2D eigenvalue weighted by atomic mass is 32.2. The predicted octanol–water partition coefficient (Wildman–Crippen LogP) is 0.825. The van der Waals surface area contributed by atoms with Crippen molar-refractivity contribution in [2.45, 2.75) is 30.4 Å². The number of ether oxygens (including phenoxy) is 1. The molecule has 0 amide bonds. The van der Waals surface area contributed by atoms with Crippen LogP contribution in [0.5, 0.6) is 0 Å². The summed E-state index contributed by atoms with van der Waals surface area (Å²) in [4.78, 5) is 10.7. The second kappa shape index (κ2) is 4.95. The van der Waals surface area contributed by atoms with Crippen molar-refractivity contribution < 1.29 is 27.5 Å². The first-order valence-corrected chi connectivity index (χ1v) is 7.26. The number of carboxylic acids is 1. The summed E-state index contributed by atoms with van der Waals surface area (Å²) < 4.78 is 36.8. The van der Waals surface area contributed by atoms with Crippen LogP contribution in [0.2, 0.25) is 0 Å². The summed E-state index contributed by atoms with van der Waals surface area (Å²) in [6.07, 6.45) is 1.11. The average Bonchev–Trinajstić information content (AvgIpc) is 2.78. The Bertz CT molecular complexity index is 570. The fourth-order valence-electron chi connectivity index (χ4n) is 1.88. The molecule has 0 unspecified atom stereocenters. The van der Waals surface area contributed by atoms with Gasteiger partial charge < -0.3 is 14.3 Å². The molecule has 1 aromatic heterocycles. The van der Waals surface area contributed by atoms with Crippen LogP contribution in [-0.4, -0.2) is 38.2 Å². The van der Waals surface area contributed by atoms with Gasteiger partial charge in [-0.1, -0.05) is 0 Å². The molecule has 0 aromatic carbocycles. The van der Waals surface area contributed by atoms with Crippen LogP contribution in [0.4, 0.5) is 0 Å². The number of hydrogen-bond donors (Lipinski definition) is 2. The maximum absolute atomic E-state index is 12.1. The number of rotatable bonds is 4. The molecule has 0 saturated carbocycles. The SMILES string of the molecule is CC1(NS(=O)(=O)c2ccc(C(=O)O)o2)CCOCC1. The topological polar surface area (TPSA) is 106 Å². The Hall–Kier alpha value is -1.38. The molecule has 0 atom stereocenters. The maximum atomic E-state index is 12.1. The molecule has 1 fully saturated rings. The van der Waals surface area contributed by atoms with Crippen LogP contribution >= 0.6 is 0 Å². The Morgan fingerprint density at radius 1 is 1.37 bits per heavy atom. The third-order valence-corrected chi connectivity index (χ3v) is 4.54. The van der Waals surface area contributed by atoms with Crippen molar-refractivity contribution in [3.63, 3.8) is 0 Å². The number of carboxylic acid groups (broad SMARTS) is 1. The zero-order valence-corrected chi connectivity index (χ0v) is 11.2. The van der Waals surface area contributed by atoms with Gasteiger partial charge in [0.05, 0.1) is 0 Å². The van der Waals surface area contributed by atoms with Crippen molar-refractivity contribution in [3.8, 4) is 0 Å². The highest BCUT2D eigenvalue weighted by Crippen LogP contribution is 2.23. The Morgan fingerprint density at radius 3 is 2.53 bits per heavy atom. The van der Waals surface area contributed by atoms with E-state index in [-0.39, 0.29) is 0 Å². The van der Waals surface area contributed by atoms with Gasteiger partial charge in [0.2, 0.25) is 10.9 Å². The van der Waals surface area contributed by atoms with E-state index in [2.05, 4.69) is 4.72 Å². The minimum atomic E-state index is -3.87. The third-order valence-electron chi connectivity index (χ3n) is 3.03. The van der Waals surface area contributed by atoms with E-state index in [9.17, 15) is 13.2 Å². The van der Waals surface area contributed by atoms with E-state index in [1.807, 2.05) is 0 Å². The van der Waals surface area contributed by atoms with E-state index in [0.29, 0.717) is 26.1 Å². The average molecular weight is 289 g/mol. The highest BCUT2D eigenvalue weighted by Gasteiger charge is 2.34. The third kappa shape index (κ3) is 3.14. The monoisotopic (exact) mass is 289 g/mol. The lowest BCUT2D eigenvalue weighted by molar-refractivity contribution is 0.0536. The summed E-state index contributed by atoms with van der Waals surface area (Å²) in [5.41, 5.74) is -0.604. The van der Waals surface area contributed by atoms with E-state index < -0.39 is 32.4 Å². The maximum Gasteiger partial charge on any atom is 0.371 e. The molecule has 0 spiro atoms. The van der Waals surface area contributed by atoms with E-state index in [0.717, 1.165) is 12.1 Å². The van der Waals surface area contributed by atoms with Gasteiger partial charge in [-0.15, -0.1) is 0 Å². The lowest BCUT2D eigenvalue weighted by atomic mass is 9.94. The quantitative estimate of drug-likeness (QED) is 0.850. The molecule has 0 aliphatic carbocycles. The zero-order valence-electron chi connectivity index (χ0n) is 10.4. The largest absolute Gasteiger partial charge is 0.475 e. The number of furan rings is 1. The Kier molecular flexibility index (Phi) is 3.66. The molecular weight excluding hydrogens is 274 g/mol. The summed E-state index contributed by atoms with van der Waals surface area (Å²) in [6, 6.07) is 2.25. The molecule has 1 aliphatic heterocycles. The summed E-state index contributed by atoms with van der Waals surface area (Å²) in [5, 5.41) is 8.32. The molecule has 2 N–H and O–H groups in total. The number of carbonyl (C=O) groups is 1. The molecule has 106 valence electrons. The molecule has 2 heterocycles. The van der Waals surface area contributed by atoms with Crippen molar-refractivity contribution >= 4 is 16.0 Å². The van der Waals surface area contributed by atoms with Gasteiger partial charge >= 0.3 is 5.97 Å². The van der Waals surface area contributed by atoms with Crippen molar-refractivity contribution in [1.29, 1.82) is 0 Å². The van der Waals surface area contributed by atoms with Gasteiger partial charge in [0.25, 0.3) is 10.0 Å². The van der Waals surface area contributed by atoms with Gasteiger partial charge in [0.1, 0.15) is 0 Å². The summed E-state index contributed by atoms with van der Waals surface area (Å²) in [7, 11) is -3.87. The molecule has 1 saturated heterocycles. The fraction of sp³-hybridized carbons (Fsp3) is 0.545. The molecule has 8 heteroatoms. The number of aromatic carboxylic acids is 1. The lowest BCUT2D eigenvalue weighted by Crippen LogP contribution is -2.49. The van der Waals surface area contributed by atoms with Crippen LogP contribution in [0.3, 0.4) is 0 Å². The van der Waals surface area contributed by atoms with E-state index in [4.69, 9.17) is 14.3 Å². The zero-order chi connectivity index (χ0) is 14.1. The van der Waals surface area contributed by atoms with Crippen molar-refractivity contribution in [2.75, 3.05) is 13.2 Å². The van der Waals surface area contributed by atoms with Gasteiger partial charge in [-0.25, -0.2) is 17.9 Å². The van der Waals surface area contributed by atoms with Gasteiger partial charge in [0, 0.05) is 18.8 Å². The van der Waals surface area contributed by atoms with Gasteiger partial charge in [0.15, 0.2) is 0 Å². The van der Waals surface area contributed by atoms with Crippen molar-refractivity contribution in [3.05, 3.63) is 17.9 Å². The number of nitrogens with one attached hydrogen (secondary N) is 1. The molecule has 2 rings (SSSR count). The van der Waals surface area contributed by atoms with Gasteiger partial charge in [-0.05, 0) is 31.9 Å².